The Hall–Kier alpha value is -2.41. The third kappa shape index (κ3) is 4.78. The topological polar surface area (TPSA) is 98.7 Å². The van der Waals surface area contributed by atoms with Crippen molar-refractivity contribution in [1.82, 2.24) is 15.7 Å². The molecule has 1 saturated heterocycles. The maximum absolute atomic E-state index is 13.6. The van der Waals surface area contributed by atoms with Crippen LogP contribution in [0.3, 0.4) is 0 Å². The van der Waals surface area contributed by atoms with Crippen LogP contribution in [0.4, 0.5) is 0 Å². The molecule has 0 radical (unpaired) electrons. The number of carbonyl (C=O) groups is 3. The third-order valence-electron chi connectivity index (χ3n) is 6.52. The van der Waals surface area contributed by atoms with E-state index >= 15 is 0 Å². The van der Waals surface area contributed by atoms with E-state index in [2.05, 4.69) is 5.32 Å². The van der Waals surface area contributed by atoms with Crippen LogP contribution < -0.4 is 10.8 Å². The van der Waals surface area contributed by atoms with Crippen LogP contribution in [0.15, 0.2) is 30.3 Å². The van der Waals surface area contributed by atoms with Gasteiger partial charge in [-0.1, -0.05) is 56.0 Å². The second-order valence-corrected chi connectivity index (χ2v) is 8.42. The van der Waals surface area contributed by atoms with E-state index in [1.54, 1.807) is 17.4 Å². The number of amides is 3. The van der Waals surface area contributed by atoms with Crippen molar-refractivity contribution < 1.29 is 19.6 Å². The number of rotatable bonds is 8. The molecule has 0 spiro atoms. The van der Waals surface area contributed by atoms with Crippen LogP contribution in [0.1, 0.15) is 50.5 Å². The van der Waals surface area contributed by atoms with Crippen molar-refractivity contribution in [2.24, 2.45) is 11.3 Å². The minimum absolute atomic E-state index is 0.0405. The van der Waals surface area contributed by atoms with Crippen LogP contribution >= 0.6 is 0 Å². The highest BCUT2D eigenvalue weighted by Crippen LogP contribution is 2.45. The lowest BCUT2D eigenvalue weighted by atomic mass is 9.74. The molecule has 0 unspecified atom stereocenters. The lowest BCUT2D eigenvalue weighted by Crippen LogP contribution is -2.50. The number of likely N-dealkylation sites (tertiary alicyclic amines) is 1. The Morgan fingerprint density at radius 2 is 1.93 bits per heavy atom. The van der Waals surface area contributed by atoms with Gasteiger partial charge in [-0.3, -0.25) is 19.6 Å². The fourth-order valence-electron chi connectivity index (χ4n) is 5.03. The average Bonchev–Trinajstić information content (AvgIpc) is 3.35. The molecular weight excluding hydrogens is 370 g/mol. The quantitative estimate of drug-likeness (QED) is 0.459. The molecule has 158 valence electrons. The summed E-state index contributed by atoms with van der Waals surface area (Å²) in [5, 5.41) is 11.7. The van der Waals surface area contributed by atoms with Crippen molar-refractivity contribution >= 4 is 17.7 Å². The van der Waals surface area contributed by atoms with E-state index < -0.39 is 17.4 Å². The maximum Gasteiger partial charge on any atom is 0.244 e. The molecule has 1 aliphatic heterocycles. The van der Waals surface area contributed by atoms with Crippen LogP contribution in [0, 0.1) is 11.3 Å². The molecule has 1 aromatic rings. The van der Waals surface area contributed by atoms with E-state index in [-0.39, 0.29) is 18.2 Å². The summed E-state index contributed by atoms with van der Waals surface area (Å²) in [5.74, 6) is -0.473. The molecule has 7 heteroatoms. The van der Waals surface area contributed by atoms with E-state index in [1.807, 2.05) is 30.3 Å². The third-order valence-corrected chi connectivity index (χ3v) is 6.52. The van der Waals surface area contributed by atoms with Crippen molar-refractivity contribution in [2.45, 2.75) is 57.4 Å². The van der Waals surface area contributed by atoms with Crippen molar-refractivity contribution in [3.8, 4) is 0 Å². The first kappa shape index (κ1) is 21.3. The molecule has 0 bridgehead atoms. The van der Waals surface area contributed by atoms with E-state index in [9.17, 15) is 14.4 Å². The molecule has 29 heavy (non-hydrogen) atoms. The van der Waals surface area contributed by atoms with Crippen molar-refractivity contribution in [3.63, 3.8) is 0 Å². The van der Waals surface area contributed by atoms with Gasteiger partial charge in [-0.15, -0.1) is 0 Å². The SMILES string of the molecule is CNC(=O)[C@@H](Cc1ccccc1)N1CC[C@](CC(=O)NO)(CC2CCCC2)C1=O. The van der Waals surface area contributed by atoms with Crippen molar-refractivity contribution in [2.75, 3.05) is 13.6 Å². The Morgan fingerprint density at radius 1 is 1.24 bits per heavy atom. The molecule has 1 heterocycles. The van der Waals surface area contributed by atoms with Crippen LogP contribution in [0.25, 0.3) is 0 Å². The molecule has 0 aromatic heterocycles. The smallest absolute Gasteiger partial charge is 0.244 e. The number of hydrogen-bond donors (Lipinski definition) is 3. The molecular formula is C22H31N3O4. The highest BCUT2D eigenvalue weighted by molar-refractivity contribution is 5.94. The Bertz CT molecular complexity index is 733. The molecule has 7 nitrogen and oxygen atoms in total. The highest BCUT2D eigenvalue weighted by Gasteiger charge is 2.51. The first-order valence-corrected chi connectivity index (χ1v) is 10.5. The molecule has 3 N–H and O–H groups in total. The van der Waals surface area contributed by atoms with E-state index in [1.165, 1.54) is 0 Å². The van der Waals surface area contributed by atoms with E-state index in [4.69, 9.17) is 5.21 Å². The van der Waals surface area contributed by atoms with Crippen LogP contribution in [0.2, 0.25) is 0 Å². The van der Waals surface area contributed by atoms with Gasteiger partial charge in [0, 0.05) is 26.4 Å². The summed E-state index contributed by atoms with van der Waals surface area (Å²) < 4.78 is 0. The van der Waals surface area contributed by atoms with E-state index in [0.29, 0.717) is 31.7 Å². The minimum atomic E-state index is -0.842. The van der Waals surface area contributed by atoms with Crippen LogP contribution in [0.5, 0.6) is 0 Å². The van der Waals surface area contributed by atoms with Crippen LogP contribution in [-0.2, 0) is 20.8 Å². The Labute approximate surface area is 171 Å². The van der Waals surface area contributed by atoms with Gasteiger partial charge >= 0.3 is 0 Å². The number of hydrogen-bond acceptors (Lipinski definition) is 4. The van der Waals surface area contributed by atoms with Gasteiger partial charge < -0.3 is 10.2 Å². The van der Waals surface area contributed by atoms with Gasteiger partial charge in [-0.2, -0.15) is 0 Å². The fraction of sp³-hybridized carbons (Fsp3) is 0.591. The number of benzene rings is 1. The zero-order chi connectivity index (χ0) is 20.9. The maximum atomic E-state index is 13.6. The number of nitrogens with one attached hydrogen (secondary N) is 2. The number of hydroxylamine groups is 1. The van der Waals surface area contributed by atoms with Gasteiger partial charge in [-0.25, -0.2) is 5.48 Å². The molecule has 2 atom stereocenters. The molecule has 1 saturated carbocycles. The molecule has 1 aliphatic carbocycles. The Kier molecular flexibility index (Phi) is 6.90. The zero-order valence-corrected chi connectivity index (χ0v) is 17.0. The van der Waals surface area contributed by atoms with Crippen molar-refractivity contribution in [1.29, 1.82) is 0 Å². The van der Waals surface area contributed by atoms with Gasteiger partial charge in [-0.05, 0) is 24.3 Å². The predicted molar refractivity (Wildman–Crippen MR) is 108 cm³/mol. The number of carbonyl (C=O) groups excluding carboxylic acids is 3. The molecule has 2 fully saturated rings. The van der Waals surface area contributed by atoms with Gasteiger partial charge in [0.25, 0.3) is 0 Å². The first-order chi connectivity index (χ1) is 14.0. The normalized spacial score (nSPS) is 23.2. The largest absolute Gasteiger partial charge is 0.357 e. The van der Waals surface area contributed by atoms with Gasteiger partial charge in [0.05, 0.1) is 5.41 Å². The predicted octanol–water partition coefficient (Wildman–Crippen LogP) is 2.04. The standard InChI is InChI=1S/C22H31N3O4/c1-23-20(27)18(13-16-7-3-2-4-8-16)25-12-11-22(21(25)28,15-19(26)24-29)14-17-9-5-6-10-17/h2-4,7-8,17-18,29H,5-6,9-15H2,1H3,(H,23,27)(H,24,26)/t18-,22-/m1/s1. The van der Waals surface area contributed by atoms with Crippen molar-refractivity contribution in [3.05, 3.63) is 35.9 Å². The van der Waals surface area contributed by atoms with Gasteiger partial charge in [0.1, 0.15) is 6.04 Å². The summed E-state index contributed by atoms with van der Waals surface area (Å²) in [5.41, 5.74) is 1.83. The first-order valence-electron chi connectivity index (χ1n) is 10.5. The summed E-state index contributed by atoms with van der Waals surface area (Å²) in [7, 11) is 1.58. The summed E-state index contributed by atoms with van der Waals surface area (Å²) in [4.78, 5) is 39.9. The molecule has 2 aliphatic rings. The number of likely N-dealkylation sites (N-methyl/N-ethyl adjacent to an activating group) is 1. The van der Waals surface area contributed by atoms with Gasteiger partial charge in [0.2, 0.25) is 17.7 Å². The lowest BCUT2D eigenvalue weighted by molar-refractivity contribution is -0.147. The molecule has 1 aromatic carbocycles. The van der Waals surface area contributed by atoms with E-state index in [0.717, 1.165) is 31.2 Å². The molecule has 3 rings (SSSR count). The second kappa shape index (κ2) is 9.39. The molecule has 3 amide bonds. The summed E-state index contributed by atoms with van der Waals surface area (Å²) in [6.45, 7) is 0.440. The summed E-state index contributed by atoms with van der Waals surface area (Å²) in [6, 6.07) is 9.02. The second-order valence-electron chi connectivity index (χ2n) is 8.42. The van der Waals surface area contributed by atoms with Gasteiger partial charge in [0.15, 0.2) is 0 Å². The zero-order valence-electron chi connectivity index (χ0n) is 17.0. The van der Waals surface area contributed by atoms with Crippen LogP contribution in [-0.4, -0.2) is 47.5 Å². The number of nitrogens with zero attached hydrogens (tertiary/aromatic N) is 1. The monoisotopic (exact) mass is 401 g/mol. The lowest BCUT2D eigenvalue weighted by Gasteiger charge is -2.32. The summed E-state index contributed by atoms with van der Waals surface area (Å²) >= 11 is 0. The fourth-order valence-corrected chi connectivity index (χ4v) is 5.03. The summed E-state index contributed by atoms with van der Waals surface area (Å²) in [6.07, 6.45) is 6.00. The Morgan fingerprint density at radius 3 is 2.55 bits per heavy atom. The highest BCUT2D eigenvalue weighted by atomic mass is 16.5. The Balaban J connectivity index is 1.84. The minimum Gasteiger partial charge on any atom is -0.357 e. The average molecular weight is 402 g/mol.